The van der Waals surface area contributed by atoms with Gasteiger partial charge >= 0.3 is 11.9 Å². The molecule has 8 rings (SSSR count). The number of carbonyl (C=O) groups excluding carboxylic acids is 12. The Morgan fingerprint density at radius 2 is 1.28 bits per heavy atom. The van der Waals surface area contributed by atoms with E-state index in [0.29, 0.717) is 71.1 Å². The number of likely N-dealkylation sites (N-methyl/N-ethyl adjacent to an activating group) is 1. The lowest BCUT2D eigenvalue weighted by Gasteiger charge is -2.38. The van der Waals surface area contributed by atoms with Crippen LogP contribution in [0.5, 0.6) is 28.7 Å². The number of aromatic amines is 1. The van der Waals surface area contributed by atoms with Crippen LogP contribution in [0.4, 0.5) is 0 Å². The first-order chi connectivity index (χ1) is 51.7. The Hall–Kier alpha value is -10.4. The number of cyclic esters (lactones) is 1. The number of hydrogen-bond acceptors (Lipinski definition) is 23. The molecule has 18 N–H and O–H groups in total. The molecule has 14 atom stereocenters. The summed E-state index contributed by atoms with van der Waals surface area (Å²) >= 11 is 0.895. The molecule has 1 aromatic heterocycles. The van der Waals surface area contributed by atoms with Crippen LogP contribution in [-0.4, -0.2) is 202 Å². The molecule has 2 fully saturated rings. The quantitative estimate of drug-likeness (QED) is 0.00943. The molecule has 3 aromatic carbocycles. The number of nitrogens with zero attached hydrogens (tertiary/aromatic N) is 2. The monoisotopic (exact) mass is 1520 g/mol. The minimum Gasteiger partial charge on any atom is -0.493 e. The van der Waals surface area contributed by atoms with E-state index in [2.05, 4.69) is 47.2 Å². The van der Waals surface area contributed by atoms with Gasteiger partial charge in [0.25, 0.3) is 0 Å². The van der Waals surface area contributed by atoms with E-state index in [1.807, 2.05) is 31.2 Å². The van der Waals surface area contributed by atoms with Crippen LogP contribution in [-0.2, 0) is 73.4 Å². The average molecular weight is 1520 g/mol. The topological polar surface area (TPSA) is 515 Å². The average Bonchev–Trinajstić information content (AvgIpc) is 1.44. The van der Waals surface area contributed by atoms with E-state index in [-0.39, 0.29) is 83.3 Å². The molecule has 0 spiro atoms. The summed E-state index contributed by atoms with van der Waals surface area (Å²) in [4.78, 5) is 175. The summed E-state index contributed by atoms with van der Waals surface area (Å²) in [6, 6.07) is 5.07. The number of guanidine groups is 1. The third-order valence-electron chi connectivity index (χ3n) is 20.0. The van der Waals surface area contributed by atoms with Crippen LogP contribution in [0, 0.1) is 23.7 Å². The van der Waals surface area contributed by atoms with Gasteiger partial charge < -0.3 is 104 Å². The number of rotatable bonds is 41. The molecule has 1 aliphatic carbocycles. The fourth-order valence-electron chi connectivity index (χ4n) is 13.6. The number of primary amides is 1. The van der Waals surface area contributed by atoms with Gasteiger partial charge in [-0.25, -0.2) is 0 Å². The molecule has 34 nitrogen and oxygen atoms in total. The molecule has 4 aliphatic rings. The van der Waals surface area contributed by atoms with E-state index < -0.39 is 167 Å². The zero-order chi connectivity index (χ0) is 78.6. The standard InChI is InChI=1S/C73H101N15O19S/c1-9-36(3)60(69(97)84-46(18-13-14-23-74)67(95)86-61(37(4)10-2)70(98)85-49(65(93)79-5)26-39-32-81-45-17-12-11-16-40(39)45)87-68(96)48(20-21-55(76)89)83-66(94)47(19-15-24-80-73(77)78)82-64(92)44(75)34-108-54-31-56(90)88(71(54)99)25-22-57(91)107-62-42-30-51-50(105-35-106-51)29-41(42)58(59-43(62)33-104-72(59)100)38-27-52(101-6)63(103-8)53(28-38)102-7/h11-12,16-17,27-30,32,36-37,43-44,46-49,54,58-62,81H,9-10,13-15,18-26,31,33-35,74-75H2,1-8H3,(H2,76,89)(H,79,93)(H,82,92)(H,83,94)(H,84,97)(H,85,98)(H,86,95)(H,87,96)(H4,77,78,80)/t36-,37?,43+,44+,46-,47-,48-,49-,54?,58-,59+,60?,61-,62+/m1/s1. The number of likely N-dealkylation sites (tertiary alicyclic amines) is 1. The number of nitrogens with two attached hydrogens (primary N) is 5. The Morgan fingerprint density at radius 1 is 0.694 bits per heavy atom. The number of hydrogen-bond donors (Lipinski definition) is 13. The predicted molar refractivity (Wildman–Crippen MR) is 395 cm³/mol. The molecule has 10 amide bonds. The third-order valence-corrected chi connectivity index (χ3v) is 21.3. The molecule has 588 valence electrons. The number of para-hydroxylation sites is 1. The highest BCUT2D eigenvalue weighted by Gasteiger charge is 2.54. The van der Waals surface area contributed by atoms with Crippen LogP contribution >= 0.6 is 11.8 Å². The largest absolute Gasteiger partial charge is 0.493 e. The van der Waals surface area contributed by atoms with E-state index >= 15 is 0 Å². The fraction of sp³-hybridized carbons (Fsp3) is 0.548. The molecule has 0 bridgehead atoms. The number of esters is 2. The molecule has 4 heterocycles. The number of aliphatic imine (C=N–C) groups is 1. The van der Waals surface area contributed by atoms with Crippen LogP contribution in [0.25, 0.3) is 10.9 Å². The molecule has 0 radical (unpaired) electrons. The second kappa shape index (κ2) is 38.9. The highest BCUT2D eigenvalue weighted by atomic mass is 32.2. The van der Waals surface area contributed by atoms with Crippen molar-refractivity contribution in [2.75, 3.05) is 67.2 Å². The summed E-state index contributed by atoms with van der Waals surface area (Å²) in [6.45, 7) is 6.69. The van der Waals surface area contributed by atoms with Gasteiger partial charge in [-0.05, 0) is 104 Å². The summed E-state index contributed by atoms with van der Waals surface area (Å²) in [7, 11) is 5.84. The first kappa shape index (κ1) is 83.2. The Kier molecular flexibility index (Phi) is 30.0. The van der Waals surface area contributed by atoms with Crippen LogP contribution in [0.3, 0.4) is 0 Å². The van der Waals surface area contributed by atoms with Gasteiger partial charge in [0.2, 0.25) is 71.6 Å². The SMILES string of the molecule is CCC(C)[C@@H](NC(=O)[C@@H](CCCCN)NC(=O)C(NC(=O)[C@@H](CCC(N)=O)NC(=O)[C@@H](CCCN=C(N)N)NC(=O)[C@@H](N)CSC1CC(=O)N(CCC(=O)O[C@H]2c3cc4c(cc3[C@@H](c3cc(OC)c(OC)c(OC)c3)[C@H]3C(=O)OC[C@@H]32)OCO4)C1=O)[C@H](C)CC)C(=O)N[C@H](Cc1c[nH]c2ccccc12)C(=O)NC. The minimum absolute atomic E-state index is 0.00854. The summed E-state index contributed by atoms with van der Waals surface area (Å²) in [5.74, 6) is -11.0. The summed E-state index contributed by atoms with van der Waals surface area (Å²) < 4.78 is 40.3. The maximum atomic E-state index is 14.6. The van der Waals surface area contributed by atoms with Crippen molar-refractivity contribution in [3.63, 3.8) is 0 Å². The van der Waals surface area contributed by atoms with E-state index in [0.717, 1.165) is 33.1 Å². The molecule has 3 unspecified atom stereocenters. The second-order valence-corrected chi connectivity index (χ2v) is 28.4. The fourth-order valence-corrected chi connectivity index (χ4v) is 14.8. The Balaban J connectivity index is 0.902. The molecule has 108 heavy (non-hydrogen) atoms. The number of carbonyl (C=O) groups is 12. The van der Waals surface area contributed by atoms with Crippen molar-refractivity contribution in [1.82, 2.24) is 47.1 Å². The third kappa shape index (κ3) is 20.6. The van der Waals surface area contributed by atoms with Crippen molar-refractivity contribution in [2.45, 2.75) is 164 Å². The molecular formula is C73H101N15O19S. The van der Waals surface area contributed by atoms with Crippen molar-refractivity contribution >= 4 is 99.6 Å². The Morgan fingerprint density at radius 3 is 1.87 bits per heavy atom. The molecular weight excluding hydrogens is 1420 g/mol. The van der Waals surface area contributed by atoms with Gasteiger partial charge in [-0.15, -0.1) is 11.8 Å². The molecule has 0 saturated carbocycles. The normalized spacial score (nSPS) is 19.4. The van der Waals surface area contributed by atoms with Gasteiger partial charge in [0.15, 0.2) is 29.0 Å². The number of thioether (sulfide) groups is 1. The summed E-state index contributed by atoms with van der Waals surface area (Å²) in [5.41, 5.74) is 32.3. The van der Waals surface area contributed by atoms with Gasteiger partial charge in [0, 0.05) is 79.7 Å². The number of nitrogens with one attached hydrogen (secondary N) is 8. The smallest absolute Gasteiger partial charge is 0.310 e. The number of methoxy groups -OCH3 is 3. The van der Waals surface area contributed by atoms with Crippen LogP contribution in [0.15, 0.2) is 59.7 Å². The zero-order valence-corrected chi connectivity index (χ0v) is 62.8. The van der Waals surface area contributed by atoms with Crippen molar-refractivity contribution in [3.05, 3.63) is 77.0 Å². The van der Waals surface area contributed by atoms with Crippen molar-refractivity contribution < 1.29 is 90.7 Å². The number of aromatic nitrogens is 1. The highest BCUT2D eigenvalue weighted by molar-refractivity contribution is 8.00. The first-order valence-corrected chi connectivity index (χ1v) is 37.2. The Bertz CT molecular complexity index is 3960. The number of H-pyrrole nitrogens is 1. The lowest BCUT2D eigenvalue weighted by Crippen LogP contribution is -2.61. The lowest BCUT2D eigenvalue weighted by atomic mass is 9.66. The van der Waals surface area contributed by atoms with Crippen molar-refractivity contribution in [1.29, 1.82) is 0 Å². The van der Waals surface area contributed by atoms with Crippen molar-refractivity contribution in [2.24, 2.45) is 57.3 Å². The van der Waals surface area contributed by atoms with Gasteiger partial charge in [0.1, 0.15) is 42.4 Å². The maximum absolute atomic E-state index is 14.6. The van der Waals surface area contributed by atoms with Crippen molar-refractivity contribution in [3.8, 4) is 28.7 Å². The van der Waals surface area contributed by atoms with Gasteiger partial charge in [0.05, 0.1) is 51.6 Å². The molecule has 3 aliphatic heterocycles. The first-order valence-electron chi connectivity index (χ1n) is 36.1. The number of unbranched alkanes of at least 4 members (excludes halogenated alkanes) is 1. The van der Waals surface area contributed by atoms with E-state index in [4.69, 9.17) is 61.8 Å². The predicted octanol–water partition coefficient (Wildman–Crippen LogP) is 0.457. The maximum Gasteiger partial charge on any atom is 0.310 e. The highest BCUT2D eigenvalue weighted by Crippen LogP contribution is 2.57. The molecule has 2 saturated heterocycles. The zero-order valence-electron chi connectivity index (χ0n) is 62.0. The number of ether oxygens (including phenoxy) is 7. The van der Waals surface area contributed by atoms with Crippen LogP contribution in [0.2, 0.25) is 0 Å². The van der Waals surface area contributed by atoms with Crippen LogP contribution < -0.4 is 89.6 Å². The summed E-state index contributed by atoms with van der Waals surface area (Å²) in [5, 5.41) is 18.8. The van der Waals surface area contributed by atoms with E-state index in [1.165, 1.54) is 28.4 Å². The lowest BCUT2D eigenvalue weighted by molar-refractivity contribution is -0.155. The van der Waals surface area contributed by atoms with Gasteiger partial charge in [-0.2, -0.15) is 0 Å². The number of fused-ring (bicyclic) bond motifs is 4. The second-order valence-electron chi connectivity index (χ2n) is 27.2. The van der Waals surface area contributed by atoms with Crippen LogP contribution in [0.1, 0.15) is 133 Å². The molecule has 4 aromatic rings. The van der Waals surface area contributed by atoms with E-state index in [1.54, 1.807) is 51.2 Å². The minimum atomic E-state index is -1.57. The molecule has 35 heteroatoms. The van der Waals surface area contributed by atoms with Gasteiger partial charge in [-0.1, -0.05) is 58.7 Å². The number of imide groups is 1. The number of amides is 10. The number of benzene rings is 3. The van der Waals surface area contributed by atoms with Gasteiger partial charge in [-0.3, -0.25) is 67.4 Å². The van der Waals surface area contributed by atoms with E-state index in [9.17, 15) is 57.5 Å². The Labute approximate surface area is 629 Å². The summed E-state index contributed by atoms with van der Waals surface area (Å²) in [6.07, 6.45) is 0.805.